The average Bonchev–Trinajstić information content (AvgIpc) is 3.18. The maximum Gasteiger partial charge on any atom is 0.342 e. The third kappa shape index (κ3) is 4.58. The van der Waals surface area contributed by atoms with Gasteiger partial charge in [0.05, 0.1) is 10.6 Å². The molecular weight excluding hydrogens is 486 g/mol. The molecule has 0 saturated heterocycles. The van der Waals surface area contributed by atoms with E-state index in [9.17, 15) is 13.2 Å². The van der Waals surface area contributed by atoms with Crippen LogP contribution in [0.4, 0.5) is 5.69 Å². The minimum Gasteiger partial charge on any atom is -0.460 e. The zero-order valence-corrected chi connectivity index (χ0v) is 21.9. The van der Waals surface area contributed by atoms with Gasteiger partial charge in [-0.25, -0.2) is 13.2 Å². The van der Waals surface area contributed by atoms with Crippen molar-refractivity contribution >= 4 is 43.4 Å². The van der Waals surface area contributed by atoms with E-state index in [2.05, 4.69) is 4.72 Å². The second kappa shape index (κ2) is 9.41. The van der Waals surface area contributed by atoms with Crippen molar-refractivity contribution in [2.75, 3.05) is 4.72 Å². The lowest BCUT2D eigenvalue weighted by atomic mass is 10.0. The molecule has 0 unspecified atom stereocenters. The van der Waals surface area contributed by atoms with E-state index in [4.69, 9.17) is 9.15 Å². The number of esters is 1. The van der Waals surface area contributed by atoms with Gasteiger partial charge in [-0.1, -0.05) is 72.3 Å². The van der Waals surface area contributed by atoms with E-state index in [1.165, 1.54) is 0 Å². The molecule has 0 bridgehead atoms. The lowest BCUT2D eigenvalue weighted by molar-refractivity contribution is 0.0472. The Kier molecular flexibility index (Phi) is 6.25. The summed E-state index contributed by atoms with van der Waals surface area (Å²) in [6.07, 6.45) is 0. The van der Waals surface area contributed by atoms with Crippen LogP contribution in [0.5, 0.6) is 0 Å². The van der Waals surface area contributed by atoms with Crippen LogP contribution >= 0.6 is 0 Å². The highest BCUT2D eigenvalue weighted by Gasteiger charge is 2.25. The summed E-state index contributed by atoms with van der Waals surface area (Å²) >= 11 is 0. The Morgan fingerprint density at radius 1 is 0.838 bits per heavy atom. The summed E-state index contributed by atoms with van der Waals surface area (Å²) in [7, 11) is -3.92. The lowest BCUT2D eigenvalue weighted by Gasteiger charge is -2.15. The molecule has 0 fully saturated rings. The van der Waals surface area contributed by atoms with Crippen LogP contribution < -0.4 is 4.72 Å². The van der Waals surface area contributed by atoms with Crippen LogP contribution in [0.25, 0.3) is 21.7 Å². The predicted octanol–water partition coefficient (Wildman–Crippen LogP) is 6.98. The summed E-state index contributed by atoms with van der Waals surface area (Å²) in [6, 6.07) is 22.1. The minimum atomic E-state index is -3.92. The van der Waals surface area contributed by atoms with Gasteiger partial charge in [-0.05, 0) is 50.5 Å². The van der Waals surface area contributed by atoms with E-state index in [0.717, 1.165) is 11.1 Å². The fourth-order valence-corrected chi connectivity index (χ4v) is 6.48. The van der Waals surface area contributed by atoms with E-state index >= 15 is 0 Å². The number of benzene rings is 4. The molecule has 0 amide bonds. The number of carbonyl (C=O) groups excluding carboxylic acids is 1. The first-order chi connectivity index (χ1) is 17.7. The molecule has 5 rings (SSSR count). The normalized spacial score (nSPS) is 11.7. The van der Waals surface area contributed by atoms with Gasteiger partial charge >= 0.3 is 5.97 Å². The monoisotopic (exact) mass is 513 g/mol. The predicted molar refractivity (Wildman–Crippen MR) is 145 cm³/mol. The van der Waals surface area contributed by atoms with Crippen LogP contribution in [0.2, 0.25) is 0 Å². The average molecular weight is 514 g/mol. The smallest absolute Gasteiger partial charge is 0.342 e. The molecule has 5 aromatic rings. The number of rotatable bonds is 6. The Balaban J connectivity index is 1.62. The number of furan rings is 1. The first-order valence-electron chi connectivity index (χ1n) is 11.9. The molecule has 0 saturated carbocycles. The number of carbonyl (C=O) groups is 1. The van der Waals surface area contributed by atoms with E-state index in [1.54, 1.807) is 26.8 Å². The van der Waals surface area contributed by atoms with Crippen LogP contribution in [-0.4, -0.2) is 14.4 Å². The molecule has 1 heterocycles. The van der Waals surface area contributed by atoms with Crippen molar-refractivity contribution < 1.29 is 22.4 Å². The minimum absolute atomic E-state index is 0.116. The summed E-state index contributed by atoms with van der Waals surface area (Å²) in [5.74, 6) is -0.127. The maximum absolute atomic E-state index is 13.6. The Hall–Kier alpha value is -4.10. The topological polar surface area (TPSA) is 85.6 Å². The zero-order chi connectivity index (χ0) is 26.3. The van der Waals surface area contributed by atoms with Gasteiger partial charge in [-0.15, -0.1) is 0 Å². The highest BCUT2D eigenvalue weighted by molar-refractivity contribution is 7.92. The number of fused-ring (bicyclic) bond motifs is 3. The van der Waals surface area contributed by atoms with Crippen molar-refractivity contribution in [2.45, 2.75) is 39.2 Å². The summed E-state index contributed by atoms with van der Waals surface area (Å²) in [5, 5.41) is 1.85. The standard InChI is InChI=1S/C30H27NO5S/c1-18-14-19(2)29(20(3)15-18)37(33,34)31-26-16-25-27(30(32)35-17-22-10-6-5-7-11-22)21(4)36-28(25)24-13-9-8-12-23(24)26/h5-16,31H,17H2,1-4H3. The van der Waals surface area contributed by atoms with E-state index in [-0.39, 0.29) is 17.1 Å². The molecule has 0 atom stereocenters. The molecule has 0 radical (unpaired) electrons. The Labute approximate surface area is 215 Å². The first kappa shape index (κ1) is 24.6. The third-order valence-electron chi connectivity index (χ3n) is 6.41. The number of anilines is 1. The first-order valence-corrected chi connectivity index (χ1v) is 13.4. The molecule has 6 nitrogen and oxygen atoms in total. The highest BCUT2D eigenvalue weighted by Crippen LogP contribution is 2.38. The van der Waals surface area contributed by atoms with E-state index < -0.39 is 16.0 Å². The van der Waals surface area contributed by atoms with Crippen LogP contribution in [0, 0.1) is 27.7 Å². The number of sulfonamides is 1. The maximum atomic E-state index is 13.6. The second-order valence-electron chi connectivity index (χ2n) is 9.27. The Bertz CT molecular complexity index is 1750. The van der Waals surface area contributed by atoms with Crippen LogP contribution in [0.15, 0.2) is 82.1 Å². The fourth-order valence-electron chi connectivity index (χ4n) is 4.96. The van der Waals surface area contributed by atoms with E-state index in [0.29, 0.717) is 44.3 Å². The molecule has 37 heavy (non-hydrogen) atoms. The van der Waals surface area contributed by atoms with Gasteiger partial charge in [0.25, 0.3) is 10.0 Å². The summed E-state index contributed by atoms with van der Waals surface area (Å²) in [6.45, 7) is 7.33. The van der Waals surface area contributed by atoms with Gasteiger partial charge < -0.3 is 9.15 Å². The summed E-state index contributed by atoms with van der Waals surface area (Å²) in [5.41, 5.74) is 4.34. The Morgan fingerprint density at radius 3 is 2.14 bits per heavy atom. The number of nitrogens with one attached hydrogen (secondary N) is 1. The van der Waals surface area contributed by atoms with Crippen LogP contribution in [-0.2, 0) is 21.4 Å². The number of aryl methyl sites for hydroxylation is 4. The van der Waals surface area contributed by atoms with Crippen molar-refractivity contribution in [3.63, 3.8) is 0 Å². The van der Waals surface area contributed by atoms with Crippen LogP contribution in [0.1, 0.15) is 38.4 Å². The molecule has 1 N–H and O–H groups in total. The van der Waals surface area contributed by atoms with Gasteiger partial charge in [0.2, 0.25) is 0 Å². The quantitative estimate of drug-likeness (QED) is 0.248. The number of ether oxygens (including phenoxy) is 1. The van der Waals surface area contributed by atoms with Crippen LogP contribution in [0.3, 0.4) is 0 Å². The summed E-state index contributed by atoms with van der Waals surface area (Å²) in [4.78, 5) is 13.4. The van der Waals surface area contributed by atoms with Gasteiger partial charge in [0, 0.05) is 16.2 Å². The fraction of sp³-hybridized carbons (Fsp3) is 0.167. The van der Waals surface area contributed by atoms with Gasteiger partial charge in [-0.2, -0.15) is 0 Å². The Morgan fingerprint density at radius 2 is 1.46 bits per heavy atom. The van der Waals surface area contributed by atoms with E-state index in [1.807, 2.05) is 73.7 Å². The molecule has 7 heteroatoms. The highest BCUT2D eigenvalue weighted by atomic mass is 32.2. The molecular formula is C30H27NO5S. The largest absolute Gasteiger partial charge is 0.460 e. The van der Waals surface area contributed by atoms with Gasteiger partial charge in [0.15, 0.2) is 0 Å². The lowest BCUT2D eigenvalue weighted by Crippen LogP contribution is -2.16. The molecule has 188 valence electrons. The summed E-state index contributed by atoms with van der Waals surface area (Å²) < 4.78 is 41.6. The van der Waals surface area contributed by atoms with Crippen molar-refractivity contribution in [3.8, 4) is 0 Å². The van der Waals surface area contributed by atoms with Gasteiger partial charge in [0.1, 0.15) is 23.5 Å². The second-order valence-corrected chi connectivity index (χ2v) is 10.9. The SMILES string of the molecule is Cc1cc(C)c(S(=O)(=O)Nc2cc3c(C(=O)OCc4ccccc4)c(C)oc3c3ccccc23)c(C)c1. The van der Waals surface area contributed by atoms with Crippen molar-refractivity contribution in [2.24, 2.45) is 0 Å². The molecule has 0 spiro atoms. The number of hydrogen-bond donors (Lipinski definition) is 1. The molecule has 0 aliphatic carbocycles. The third-order valence-corrected chi connectivity index (χ3v) is 8.08. The number of hydrogen-bond acceptors (Lipinski definition) is 5. The molecule has 1 aromatic heterocycles. The zero-order valence-electron chi connectivity index (χ0n) is 21.1. The molecule has 0 aliphatic rings. The molecule has 0 aliphatic heterocycles. The van der Waals surface area contributed by atoms with Crippen molar-refractivity contribution in [1.29, 1.82) is 0 Å². The van der Waals surface area contributed by atoms with Crippen molar-refractivity contribution in [1.82, 2.24) is 0 Å². The molecule has 4 aromatic carbocycles. The van der Waals surface area contributed by atoms with Gasteiger partial charge in [-0.3, -0.25) is 4.72 Å². The van der Waals surface area contributed by atoms with Crippen molar-refractivity contribution in [3.05, 3.63) is 106 Å².